The fourth-order valence-corrected chi connectivity index (χ4v) is 6.51. The maximum Gasteiger partial charge on any atom is 0.243 e. The third kappa shape index (κ3) is 4.73. The molecule has 2 aromatic rings. The van der Waals surface area contributed by atoms with Crippen LogP contribution in [0.3, 0.4) is 0 Å². The summed E-state index contributed by atoms with van der Waals surface area (Å²) in [4.78, 5) is 28.5. The highest BCUT2D eigenvalue weighted by molar-refractivity contribution is 7.89. The van der Waals surface area contributed by atoms with Gasteiger partial charge in [0, 0.05) is 50.5 Å². The van der Waals surface area contributed by atoms with Gasteiger partial charge in [-0.2, -0.15) is 4.31 Å². The number of rotatable bonds is 6. The molecule has 0 bridgehead atoms. The van der Waals surface area contributed by atoms with Crippen molar-refractivity contribution in [1.29, 1.82) is 0 Å². The van der Waals surface area contributed by atoms with Gasteiger partial charge in [-0.05, 0) is 73.2 Å². The summed E-state index contributed by atoms with van der Waals surface area (Å²) in [6.45, 7) is 2.69. The van der Waals surface area contributed by atoms with Crippen molar-refractivity contribution in [3.8, 4) is 0 Å². The first-order valence-corrected chi connectivity index (χ1v) is 13.4. The maximum absolute atomic E-state index is 13.1. The molecule has 0 atom stereocenters. The number of hydrogen-bond donors (Lipinski definition) is 1. The van der Waals surface area contributed by atoms with E-state index in [1.54, 1.807) is 23.1 Å². The molecule has 2 saturated heterocycles. The molecule has 34 heavy (non-hydrogen) atoms. The predicted molar refractivity (Wildman–Crippen MR) is 130 cm³/mol. The van der Waals surface area contributed by atoms with Crippen molar-refractivity contribution in [1.82, 2.24) is 9.21 Å². The van der Waals surface area contributed by atoms with Crippen molar-refractivity contribution < 1.29 is 18.0 Å². The highest BCUT2D eigenvalue weighted by Gasteiger charge is 2.30. The minimum absolute atomic E-state index is 0.133. The van der Waals surface area contributed by atoms with Crippen LogP contribution in [0.1, 0.15) is 30.4 Å². The molecule has 1 N–H and O–H groups in total. The van der Waals surface area contributed by atoms with Gasteiger partial charge >= 0.3 is 0 Å². The van der Waals surface area contributed by atoms with Crippen LogP contribution in [0.2, 0.25) is 0 Å². The van der Waals surface area contributed by atoms with Crippen molar-refractivity contribution in [2.45, 2.75) is 37.0 Å². The molecule has 2 aliphatic heterocycles. The van der Waals surface area contributed by atoms with Crippen LogP contribution in [0, 0.1) is 0 Å². The first-order chi connectivity index (χ1) is 16.4. The molecule has 9 heteroatoms. The normalized spacial score (nSPS) is 19.4. The fraction of sp³-hybridized carbons (Fsp3) is 0.440. The van der Waals surface area contributed by atoms with Crippen LogP contribution < -0.4 is 10.2 Å². The molecule has 2 aromatic carbocycles. The second-order valence-corrected chi connectivity index (χ2v) is 11.1. The molecule has 8 nitrogen and oxygen atoms in total. The number of benzene rings is 2. The Labute approximate surface area is 200 Å². The number of amides is 2. The van der Waals surface area contributed by atoms with Gasteiger partial charge in [0.15, 0.2) is 0 Å². The molecule has 5 rings (SSSR count). The van der Waals surface area contributed by atoms with E-state index in [0.29, 0.717) is 43.2 Å². The number of piperazine rings is 1. The largest absolute Gasteiger partial charge is 0.325 e. The summed E-state index contributed by atoms with van der Waals surface area (Å²) in [5, 5.41) is 2.89. The lowest BCUT2D eigenvalue weighted by atomic mass is 10.1. The van der Waals surface area contributed by atoms with Gasteiger partial charge in [-0.1, -0.05) is 6.07 Å². The van der Waals surface area contributed by atoms with E-state index in [1.807, 2.05) is 29.2 Å². The zero-order valence-corrected chi connectivity index (χ0v) is 20.0. The Morgan fingerprint density at radius 1 is 0.853 bits per heavy atom. The van der Waals surface area contributed by atoms with Crippen molar-refractivity contribution in [3.05, 3.63) is 53.6 Å². The van der Waals surface area contributed by atoms with Gasteiger partial charge in [-0.15, -0.1) is 0 Å². The van der Waals surface area contributed by atoms with Crippen molar-refractivity contribution >= 4 is 33.2 Å². The van der Waals surface area contributed by atoms with Crippen molar-refractivity contribution in [2.75, 3.05) is 49.5 Å². The molecule has 0 radical (unpaired) electrons. The highest BCUT2D eigenvalue weighted by Crippen LogP contribution is 2.27. The number of aryl methyl sites for hydroxylation is 2. The van der Waals surface area contributed by atoms with E-state index < -0.39 is 10.0 Å². The second kappa shape index (κ2) is 9.48. The van der Waals surface area contributed by atoms with Gasteiger partial charge in [0.05, 0.1) is 11.4 Å². The summed E-state index contributed by atoms with van der Waals surface area (Å²) in [5.41, 5.74) is 3.94. The summed E-state index contributed by atoms with van der Waals surface area (Å²) < 4.78 is 27.7. The van der Waals surface area contributed by atoms with E-state index in [2.05, 4.69) is 5.32 Å². The molecule has 2 heterocycles. The van der Waals surface area contributed by atoms with Gasteiger partial charge in [-0.25, -0.2) is 8.42 Å². The van der Waals surface area contributed by atoms with Crippen LogP contribution in [0.15, 0.2) is 47.4 Å². The minimum Gasteiger partial charge on any atom is -0.325 e. The SMILES string of the molecule is O=C(CN1CCN(S(=O)(=O)c2ccc3c(c2)CCC3)CC1)Nc1ccc(N2CCCC2=O)cc1. The van der Waals surface area contributed by atoms with E-state index in [1.165, 1.54) is 9.87 Å². The van der Waals surface area contributed by atoms with Gasteiger partial charge in [-0.3, -0.25) is 14.5 Å². The number of nitrogens with one attached hydrogen (secondary N) is 1. The lowest BCUT2D eigenvalue weighted by Crippen LogP contribution is -2.50. The number of carbonyl (C=O) groups is 2. The third-order valence-electron chi connectivity index (χ3n) is 6.94. The van der Waals surface area contributed by atoms with Crippen LogP contribution in [-0.2, 0) is 32.5 Å². The topological polar surface area (TPSA) is 90.0 Å². The molecule has 3 aliphatic rings. The molecule has 2 fully saturated rings. The molecule has 0 spiro atoms. The van der Waals surface area contributed by atoms with Gasteiger partial charge in [0.2, 0.25) is 21.8 Å². The molecule has 1 aliphatic carbocycles. The average molecular weight is 483 g/mol. The fourth-order valence-electron chi connectivity index (χ4n) is 5.04. The van der Waals surface area contributed by atoms with Crippen LogP contribution >= 0.6 is 0 Å². The quantitative estimate of drug-likeness (QED) is 0.682. The van der Waals surface area contributed by atoms with E-state index in [-0.39, 0.29) is 18.4 Å². The van der Waals surface area contributed by atoms with Gasteiger partial charge < -0.3 is 10.2 Å². The molecule has 180 valence electrons. The molecule has 0 saturated carbocycles. The van der Waals surface area contributed by atoms with Crippen LogP contribution in [0.25, 0.3) is 0 Å². The maximum atomic E-state index is 13.1. The van der Waals surface area contributed by atoms with Crippen LogP contribution in [0.4, 0.5) is 11.4 Å². The Kier molecular flexibility index (Phi) is 6.42. The number of sulfonamides is 1. The summed E-state index contributed by atoms with van der Waals surface area (Å²) in [7, 11) is -3.52. The highest BCUT2D eigenvalue weighted by atomic mass is 32.2. The standard InChI is InChI=1S/C25H30N4O4S/c30-24(26-21-7-9-22(10-8-21)29-12-2-5-25(29)31)18-27-13-15-28(16-14-27)34(32,33)23-11-6-19-3-1-4-20(19)17-23/h6-11,17H,1-5,12-16,18H2,(H,26,30). The Morgan fingerprint density at radius 2 is 1.59 bits per heavy atom. The van der Waals surface area contributed by atoms with E-state index in [4.69, 9.17) is 0 Å². The van der Waals surface area contributed by atoms with Crippen molar-refractivity contribution in [2.24, 2.45) is 0 Å². The summed E-state index contributed by atoms with van der Waals surface area (Å²) in [6.07, 6.45) is 4.51. The summed E-state index contributed by atoms with van der Waals surface area (Å²) >= 11 is 0. The smallest absolute Gasteiger partial charge is 0.243 e. The second-order valence-electron chi connectivity index (χ2n) is 9.21. The van der Waals surface area contributed by atoms with E-state index in [0.717, 1.165) is 43.5 Å². The van der Waals surface area contributed by atoms with Gasteiger partial charge in [0.25, 0.3) is 0 Å². The number of hydrogen-bond acceptors (Lipinski definition) is 5. The Balaban J connectivity index is 1.13. The minimum atomic E-state index is -3.52. The first kappa shape index (κ1) is 23.0. The lowest BCUT2D eigenvalue weighted by molar-refractivity contribution is -0.118. The van der Waals surface area contributed by atoms with E-state index in [9.17, 15) is 18.0 Å². The molecule has 2 amide bonds. The first-order valence-electron chi connectivity index (χ1n) is 11.9. The number of nitrogens with zero attached hydrogens (tertiary/aromatic N) is 3. The molecular weight excluding hydrogens is 452 g/mol. The van der Waals surface area contributed by atoms with Crippen LogP contribution in [0.5, 0.6) is 0 Å². The lowest BCUT2D eigenvalue weighted by Gasteiger charge is -2.33. The van der Waals surface area contributed by atoms with E-state index >= 15 is 0 Å². The van der Waals surface area contributed by atoms with Crippen LogP contribution in [-0.4, -0.2) is 68.7 Å². The van der Waals surface area contributed by atoms with Gasteiger partial charge in [0.1, 0.15) is 0 Å². The Hall–Kier alpha value is -2.75. The monoisotopic (exact) mass is 482 g/mol. The average Bonchev–Trinajstić information content (AvgIpc) is 3.48. The predicted octanol–water partition coefficient (Wildman–Crippen LogP) is 2.25. The number of carbonyl (C=O) groups excluding carboxylic acids is 2. The zero-order valence-electron chi connectivity index (χ0n) is 19.2. The third-order valence-corrected chi connectivity index (χ3v) is 8.84. The number of anilines is 2. The molecular formula is C25H30N4O4S. The number of fused-ring (bicyclic) bond motifs is 1. The van der Waals surface area contributed by atoms with Crippen molar-refractivity contribution in [3.63, 3.8) is 0 Å². The molecule has 0 aromatic heterocycles. The zero-order chi connectivity index (χ0) is 23.7. The summed E-state index contributed by atoms with van der Waals surface area (Å²) in [5.74, 6) is -0.00551. The summed E-state index contributed by atoms with van der Waals surface area (Å²) in [6, 6.07) is 12.8. The molecule has 0 unspecified atom stereocenters. The Morgan fingerprint density at radius 3 is 2.29 bits per heavy atom. The Bertz CT molecular complexity index is 1190.